The van der Waals surface area contributed by atoms with Crippen LogP contribution in [-0.4, -0.2) is 14.9 Å². The molecule has 2 aromatic carbocycles. The molecule has 0 atom stereocenters. The molecule has 0 spiro atoms. The summed E-state index contributed by atoms with van der Waals surface area (Å²) in [6.45, 7) is 4.78. The van der Waals surface area contributed by atoms with Gasteiger partial charge in [0.15, 0.2) is 5.11 Å². The second-order valence-electron chi connectivity index (χ2n) is 5.84. The topological polar surface area (TPSA) is 41.9 Å². The molecule has 0 fully saturated rings. The van der Waals surface area contributed by atoms with Crippen molar-refractivity contribution in [2.45, 2.75) is 20.4 Å². The van der Waals surface area contributed by atoms with Crippen LogP contribution in [0.4, 0.5) is 11.4 Å². The summed E-state index contributed by atoms with van der Waals surface area (Å²) in [4.78, 5) is 0. The summed E-state index contributed by atoms with van der Waals surface area (Å²) in [6.07, 6.45) is 0. The molecule has 6 heteroatoms. The van der Waals surface area contributed by atoms with Crippen LogP contribution < -0.4 is 10.6 Å². The van der Waals surface area contributed by atoms with E-state index in [2.05, 4.69) is 40.9 Å². The van der Waals surface area contributed by atoms with Crippen LogP contribution in [0.2, 0.25) is 5.02 Å². The Labute approximate surface area is 157 Å². The standard InChI is InChI=1S/C19H19ClN4S/c1-13-10-14(2)24(23-13)12-15-6-5-7-16(11-15)21-19(25)22-18-9-4-3-8-17(18)20/h3-11H,12H2,1-2H3,(H2,21,22,25). The fraction of sp³-hybridized carbons (Fsp3) is 0.158. The van der Waals surface area contributed by atoms with Crippen LogP contribution in [0.5, 0.6) is 0 Å². The lowest BCUT2D eigenvalue weighted by Gasteiger charge is -2.13. The van der Waals surface area contributed by atoms with Gasteiger partial charge in [0, 0.05) is 11.4 Å². The van der Waals surface area contributed by atoms with E-state index in [0.717, 1.165) is 34.9 Å². The molecule has 0 aliphatic heterocycles. The minimum absolute atomic E-state index is 0.497. The number of para-hydroxylation sites is 1. The first-order valence-electron chi connectivity index (χ1n) is 7.94. The van der Waals surface area contributed by atoms with Gasteiger partial charge in [-0.15, -0.1) is 0 Å². The molecule has 1 aromatic heterocycles. The predicted molar refractivity (Wildman–Crippen MR) is 109 cm³/mol. The number of nitrogens with one attached hydrogen (secondary N) is 2. The molecule has 0 saturated carbocycles. The number of thiocarbonyl (C=S) groups is 1. The number of halogens is 1. The third-order valence-corrected chi connectivity index (χ3v) is 4.28. The zero-order valence-electron chi connectivity index (χ0n) is 14.1. The van der Waals surface area contributed by atoms with Gasteiger partial charge in [0.05, 0.1) is 22.9 Å². The van der Waals surface area contributed by atoms with Gasteiger partial charge in [-0.2, -0.15) is 5.10 Å². The molecule has 25 heavy (non-hydrogen) atoms. The molecular weight excluding hydrogens is 352 g/mol. The van der Waals surface area contributed by atoms with Crippen LogP contribution in [-0.2, 0) is 6.54 Å². The third kappa shape index (κ3) is 4.59. The summed E-state index contributed by atoms with van der Waals surface area (Å²) in [6, 6.07) is 17.7. The van der Waals surface area contributed by atoms with Gasteiger partial charge in [-0.1, -0.05) is 35.9 Å². The highest BCUT2D eigenvalue weighted by Gasteiger charge is 2.05. The maximum atomic E-state index is 6.14. The number of aryl methyl sites for hydroxylation is 2. The summed E-state index contributed by atoms with van der Waals surface area (Å²) in [5.74, 6) is 0. The maximum absolute atomic E-state index is 6.14. The Bertz CT molecular complexity index is 904. The van der Waals surface area contributed by atoms with E-state index in [1.807, 2.05) is 48.0 Å². The molecule has 0 bridgehead atoms. The molecule has 0 radical (unpaired) electrons. The van der Waals surface area contributed by atoms with E-state index in [9.17, 15) is 0 Å². The highest BCUT2D eigenvalue weighted by Crippen LogP contribution is 2.21. The zero-order valence-corrected chi connectivity index (χ0v) is 15.7. The van der Waals surface area contributed by atoms with E-state index in [1.54, 1.807) is 0 Å². The zero-order chi connectivity index (χ0) is 17.8. The Morgan fingerprint density at radius 3 is 2.60 bits per heavy atom. The lowest BCUT2D eigenvalue weighted by atomic mass is 10.2. The first-order valence-corrected chi connectivity index (χ1v) is 8.72. The normalized spacial score (nSPS) is 10.5. The van der Waals surface area contributed by atoms with Crippen molar-refractivity contribution in [2.24, 2.45) is 0 Å². The minimum atomic E-state index is 0.497. The van der Waals surface area contributed by atoms with Gasteiger partial charge in [-0.05, 0) is 62.0 Å². The first kappa shape index (κ1) is 17.5. The van der Waals surface area contributed by atoms with E-state index in [4.69, 9.17) is 23.8 Å². The molecule has 0 saturated heterocycles. The monoisotopic (exact) mass is 370 g/mol. The van der Waals surface area contributed by atoms with Gasteiger partial charge in [0.2, 0.25) is 0 Å². The van der Waals surface area contributed by atoms with Gasteiger partial charge < -0.3 is 10.6 Å². The molecule has 0 aliphatic carbocycles. The lowest BCUT2D eigenvalue weighted by Crippen LogP contribution is -2.19. The van der Waals surface area contributed by atoms with Crippen molar-refractivity contribution in [3.63, 3.8) is 0 Å². The molecule has 1 heterocycles. The summed E-state index contributed by atoms with van der Waals surface area (Å²) in [7, 11) is 0. The number of aromatic nitrogens is 2. The van der Waals surface area contributed by atoms with Crippen molar-refractivity contribution in [3.05, 3.63) is 76.6 Å². The number of hydrogen-bond acceptors (Lipinski definition) is 2. The average molecular weight is 371 g/mol. The van der Waals surface area contributed by atoms with Crippen LogP contribution in [0, 0.1) is 13.8 Å². The lowest BCUT2D eigenvalue weighted by molar-refractivity contribution is 0.659. The number of anilines is 2. The van der Waals surface area contributed by atoms with E-state index in [0.29, 0.717) is 10.1 Å². The second kappa shape index (κ2) is 7.68. The molecule has 128 valence electrons. The molecule has 4 nitrogen and oxygen atoms in total. The number of benzene rings is 2. The van der Waals surface area contributed by atoms with Gasteiger partial charge >= 0.3 is 0 Å². The number of hydrogen-bond donors (Lipinski definition) is 2. The van der Waals surface area contributed by atoms with E-state index < -0.39 is 0 Å². The van der Waals surface area contributed by atoms with Crippen molar-refractivity contribution in [2.75, 3.05) is 10.6 Å². The SMILES string of the molecule is Cc1cc(C)n(Cc2cccc(NC(=S)Nc3ccccc3Cl)c2)n1. The number of nitrogens with zero attached hydrogens (tertiary/aromatic N) is 2. The summed E-state index contributed by atoms with van der Waals surface area (Å²) < 4.78 is 1.99. The Hall–Kier alpha value is -2.37. The van der Waals surface area contributed by atoms with E-state index in [-0.39, 0.29) is 0 Å². The van der Waals surface area contributed by atoms with Crippen LogP contribution in [0.3, 0.4) is 0 Å². The third-order valence-electron chi connectivity index (χ3n) is 3.74. The quantitative estimate of drug-likeness (QED) is 0.633. The van der Waals surface area contributed by atoms with Crippen molar-refractivity contribution in [1.82, 2.24) is 9.78 Å². The fourth-order valence-corrected chi connectivity index (χ4v) is 3.01. The Balaban J connectivity index is 1.68. The summed E-state index contributed by atoms with van der Waals surface area (Å²) in [5, 5.41) is 11.9. The van der Waals surface area contributed by atoms with Crippen LogP contribution >= 0.6 is 23.8 Å². The van der Waals surface area contributed by atoms with Gasteiger partial charge in [0.1, 0.15) is 0 Å². The van der Waals surface area contributed by atoms with Crippen molar-refractivity contribution >= 4 is 40.3 Å². The molecule has 0 unspecified atom stereocenters. The predicted octanol–water partition coefficient (Wildman–Crippen LogP) is 5.01. The van der Waals surface area contributed by atoms with Crippen LogP contribution in [0.1, 0.15) is 17.0 Å². The van der Waals surface area contributed by atoms with Gasteiger partial charge in [-0.25, -0.2) is 0 Å². The highest BCUT2D eigenvalue weighted by molar-refractivity contribution is 7.80. The average Bonchev–Trinajstić information content (AvgIpc) is 2.87. The molecule has 2 N–H and O–H groups in total. The Kier molecular flexibility index (Phi) is 5.36. The minimum Gasteiger partial charge on any atom is -0.332 e. The smallest absolute Gasteiger partial charge is 0.175 e. The van der Waals surface area contributed by atoms with Crippen LogP contribution in [0.25, 0.3) is 0 Å². The van der Waals surface area contributed by atoms with Crippen molar-refractivity contribution < 1.29 is 0 Å². The van der Waals surface area contributed by atoms with Gasteiger partial charge in [-0.3, -0.25) is 4.68 Å². The molecule has 0 amide bonds. The summed E-state index contributed by atoms with van der Waals surface area (Å²) in [5.41, 5.74) is 5.02. The largest absolute Gasteiger partial charge is 0.332 e. The maximum Gasteiger partial charge on any atom is 0.175 e. The Morgan fingerprint density at radius 2 is 1.88 bits per heavy atom. The number of rotatable bonds is 4. The highest BCUT2D eigenvalue weighted by atomic mass is 35.5. The van der Waals surface area contributed by atoms with Gasteiger partial charge in [0.25, 0.3) is 0 Å². The molecule has 3 rings (SSSR count). The Morgan fingerprint density at radius 1 is 1.08 bits per heavy atom. The van der Waals surface area contributed by atoms with Crippen molar-refractivity contribution in [1.29, 1.82) is 0 Å². The van der Waals surface area contributed by atoms with Crippen LogP contribution in [0.15, 0.2) is 54.6 Å². The molecule has 3 aromatic rings. The summed E-state index contributed by atoms with van der Waals surface area (Å²) >= 11 is 11.5. The van der Waals surface area contributed by atoms with E-state index in [1.165, 1.54) is 0 Å². The fourth-order valence-electron chi connectivity index (χ4n) is 2.60. The molecule has 0 aliphatic rings. The van der Waals surface area contributed by atoms with E-state index >= 15 is 0 Å². The second-order valence-corrected chi connectivity index (χ2v) is 6.66. The first-order chi connectivity index (χ1) is 12.0. The molecular formula is C19H19ClN4S. The van der Waals surface area contributed by atoms with Crippen molar-refractivity contribution in [3.8, 4) is 0 Å².